The van der Waals surface area contributed by atoms with Crippen molar-refractivity contribution < 1.29 is 24.0 Å². The topological polar surface area (TPSA) is 102 Å². The Balaban J connectivity index is 1.33. The van der Waals surface area contributed by atoms with Crippen LogP contribution in [0.2, 0.25) is 5.02 Å². The van der Waals surface area contributed by atoms with Crippen molar-refractivity contribution in [2.75, 3.05) is 5.32 Å². The fraction of sp³-hybridized carbons (Fsp3) is 0.233. The van der Waals surface area contributed by atoms with E-state index in [1.807, 2.05) is 54.6 Å². The number of carboxylic acid groups (broad SMARTS) is 1. The van der Waals surface area contributed by atoms with Crippen molar-refractivity contribution in [1.82, 2.24) is 5.16 Å². The van der Waals surface area contributed by atoms with Gasteiger partial charge >= 0.3 is 12.1 Å². The number of fused-ring (bicyclic) bond motifs is 1. The first-order valence-corrected chi connectivity index (χ1v) is 12.8. The maximum Gasteiger partial charge on any atom is 0.412 e. The van der Waals surface area contributed by atoms with Gasteiger partial charge in [-0.2, -0.15) is 0 Å². The highest BCUT2D eigenvalue weighted by Crippen LogP contribution is 2.36. The van der Waals surface area contributed by atoms with Gasteiger partial charge in [0.15, 0.2) is 5.76 Å². The molecular weight excluding hydrogens is 504 g/mol. The maximum absolute atomic E-state index is 12.7. The van der Waals surface area contributed by atoms with Crippen LogP contribution in [0.25, 0.3) is 22.5 Å². The van der Waals surface area contributed by atoms with Crippen LogP contribution in [-0.2, 0) is 16.0 Å². The van der Waals surface area contributed by atoms with Gasteiger partial charge in [-0.25, -0.2) is 4.79 Å². The summed E-state index contributed by atoms with van der Waals surface area (Å²) < 4.78 is 11.1. The average molecular weight is 531 g/mol. The third-order valence-corrected chi connectivity index (χ3v) is 7.30. The van der Waals surface area contributed by atoms with Gasteiger partial charge in [0.25, 0.3) is 0 Å². The number of benzene rings is 3. The van der Waals surface area contributed by atoms with Gasteiger partial charge in [0, 0.05) is 16.1 Å². The van der Waals surface area contributed by atoms with Crippen molar-refractivity contribution in [2.24, 2.45) is 0 Å². The van der Waals surface area contributed by atoms with E-state index in [2.05, 4.69) is 16.5 Å². The van der Waals surface area contributed by atoms with E-state index in [0.717, 1.165) is 40.7 Å². The lowest BCUT2D eigenvalue weighted by atomic mass is 9.81. The zero-order valence-electron chi connectivity index (χ0n) is 21.0. The van der Waals surface area contributed by atoms with Gasteiger partial charge in [0.05, 0.1) is 5.92 Å². The molecule has 1 heterocycles. The highest BCUT2D eigenvalue weighted by molar-refractivity contribution is 6.31. The molecular formula is C30H27ClN2O5. The van der Waals surface area contributed by atoms with Crippen molar-refractivity contribution in [2.45, 2.75) is 45.1 Å². The van der Waals surface area contributed by atoms with E-state index in [4.69, 9.17) is 20.9 Å². The number of aliphatic carboxylic acids is 1. The predicted molar refractivity (Wildman–Crippen MR) is 145 cm³/mol. The molecule has 0 bridgehead atoms. The summed E-state index contributed by atoms with van der Waals surface area (Å²) in [4.78, 5) is 24.3. The monoisotopic (exact) mass is 530 g/mol. The van der Waals surface area contributed by atoms with Gasteiger partial charge < -0.3 is 14.4 Å². The van der Waals surface area contributed by atoms with Crippen LogP contribution < -0.4 is 5.32 Å². The molecule has 194 valence electrons. The molecule has 0 saturated heterocycles. The molecule has 1 aliphatic rings. The minimum atomic E-state index is -0.767. The minimum absolute atomic E-state index is 0.422. The van der Waals surface area contributed by atoms with Gasteiger partial charge in [-0.15, -0.1) is 0 Å². The largest absolute Gasteiger partial charge is 0.481 e. The quantitative estimate of drug-likeness (QED) is 0.264. The Labute approximate surface area is 225 Å². The second-order valence-corrected chi connectivity index (χ2v) is 9.85. The van der Waals surface area contributed by atoms with E-state index in [1.165, 1.54) is 0 Å². The number of halogens is 1. The van der Waals surface area contributed by atoms with Crippen LogP contribution in [0, 0.1) is 6.92 Å². The normalized spacial score (nSPS) is 15.4. The number of nitrogens with zero attached hydrogens (tertiary/aromatic N) is 1. The third kappa shape index (κ3) is 5.15. The molecule has 1 unspecified atom stereocenters. The molecule has 0 radical (unpaired) electrons. The zero-order valence-corrected chi connectivity index (χ0v) is 21.8. The third-order valence-electron chi connectivity index (χ3n) is 6.95. The number of anilines is 1. The molecule has 0 aliphatic heterocycles. The molecule has 7 nitrogen and oxygen atoms in total. The fourth-order valence-electron chi connectivity index (χ4n) is 4.94. The summed E-state index contributed by atoms with van der Waals surface area (Å²) in [7, 11) is 0. The summed E-state index contributed by atoms with van der Waals surface area (Å²) in [6, 6.07) is 20.9. The molecule has 1 aromatic heterocycles. The molecule has 3 aromatic carbocycles. The molecule has 0 saturated carbocycles. The zero-order chi connectivity index (χ0) is 26.8. The molecule has 4 aromatic rings. The van der Waals surface area contributed by atoms with E-state index in [9.17, 15) is 14.7 Å². The number of aryl methyl sites for hydroxylation is 2. The Morgan fingerprint density at radius 2 is 1.79 bits per heavy atom. The summed E-state index contributed by atoms with van der Waals surface area (Å²) in [5.41, 5.74) is 6.42. The lowest BCUT2D eigenvalue weighted by Crippen LogP contribution is -2.17. The molecule has 8 heteroatoms. The fourth-order valence-corrected chi connectivity index (χ4v) is 5.23. The maximum atomic E-state index is 12.7. The van der Waals surface area contributed by atoms with Crippen LogP contribution in [-0.4, -0.2) is 22.3 Å². The number of carbonyl (C=O) groups excluding carboxylic acids is 1. The van der Waals surface area contributed by atoms with E-state index < -0.39 is 24.1 Å². The Morgan fingerprint density at radius 1 is 1.08 bits per heavy atom. The summed E-state index contributed by atoms with van der Waals surface area (Å²) >= 11 is 6.23. The molecule has 38 heavy (non-hydrogen) atoms. The van der Waals surface area contributed by atoms with Crippen LogP contribution in [0.5, 0.6) is 0 Å². The van der Waals surface area contributed by atoms with Crippen LogP contribution >= 0.6 is 11.6 Å². The standard InChI is InChI=1S/C30H27ClN2O5/c1-17-27(32-30(36)37-18(2)23-7-3-4-9-26(23)31)28(38-33-17)20-12-10-19(11-13-20)21-14-15-24-22(16-21)6-5-8-25(24)29(34)35/h3-4,7,9-16,18,25H,5-6,8H2,1-2H3,(H,32,36)(H,34,35)/t18-,25?/m1/s1. The summed E-state index contributed by atoms with van der Waals surface area (Å²) in [6.45, 7) is 3.50. The van der Waals surface area contributed by atoms with Crippen molar-refractivity contribution in [1.29, 1.82) is 0 Å². The van der Waals surface area contributed by atoms with E-state index in [0.29, 0.717) is 34.1 Å². The summed E-state index contributed by atoms with van der Waals surface area (Å²) in [5.74, 6) is -0.779. The molecule has 2 N–H and O–H groups in total. The first-order valence-electron chi connectivity index (χ1n) is 12.5. The van der Waals surface area contributed by atoms with Gasteiger partial charge in [0.2, 0.25) is 0 Å². The smallest absolute Gasteiger partial charge is 0.412 e. The lowest BCUT2D eigenvalue weighted by Gasteiger charge is -2.23. The van der Waals surface area contributed by atoms with E-state index in [-0.39, 0.29) is 0 Å². The van der Waals surface area contributed by atoms with Crippen LogP contribution in [0.15, 0.2) is 71.3 Å². The number of ether oxygens (including phenoxy) is 1. The number of carbonyl (C=O) groups is 2. The van der Waals surface area contributed by atoms with Crippen LogP contribution in [0.3, 0.4) is 0 Å². The van der Waals surface area contributed by atoms with Gasteiger partial charge in [0.1, 0.15) is 17.5 Å². The SMILES string of the molecule is Cc1noc(-c2ccc(-c3ccc4c(c3)CCCC4C(=O)O)cc2)c1NC(=O)O[C@H](C)c1ccccc1Cl. The number of nitrogens with one attached hydrogen (secondary N) is 1. The number of amides is 1. The van der Waals surface area contributed by atoms with Crippen molar-refractivity contribution in [3.63, 3.8) is 0 Å². The Hall–Kier alpha value is -4.10. The second-order valence-electron chi connectivity index (χ2n) is 9.44. The molecule has 2 atom stereocenters. The number of aromatic nitrogens is 1. The molecule has 0 spiro atoms. The number of hydrogen-bond acceptors (Lipinski definition) is 5. The highest BCUT2D eigenvalue weighted by atomic mass is 35.5. The number of hydrogen-bond donors (Lipinski definition) is 2. The Kier molecular flexibility index (Phi) is 7.20. The summed E-state index contributed by atoms with van der Waals surface area (Å²) in [5, 5.41) is 16.9. The van der Waals surface area contributed by atoms with Gasteiger partial charge in [-0.3, -0.25) is 10.1 Å². The van der Waals surface area contributed by atoms with Gasteiger partial charge in [-0.05, 0) is 61.4 Å². The van der Waals surface area contributed by atoms with Crippen LogP contribution in [0.4, 0.5) is 10.5 Å². The first kappa shape index (κ1) is 25.5. The molecule has 1 amide bonds. The number of carboxylic acids is 1. The Bertz CT molecular complexity index is 1500. The lowest BCUT2D eigenvalue weighted by molar-refractivity contribution is -0.139. The predicted octanol–water partition coefficient (Wildman–Crippen LogP) is 7.78. The first-order chi connectivity index (χ1) is 18.3. The van der Waals surface area contributed by atoms with Gasteiger partial charge in [-0.1, -0.05) is 77.4 Å². The minimum Gasteiger partial charge on any atom is -0.481 e. The van der Waals surface area contributed by atoms with E-state index >= 15 is 0 Å². The number of rotatable bonds is 6. The highest BCUT2D eigenvalue weighted by Gasteiger charge is 2.26. The van der Waals surface area contributed by atoms with Crippen molar-refractivity contribution in [3.8, 4) is 22.5 Å². The molecule has 5 rings (SSSR count). The van der Waals surface area contributed by atoms with Crippen molar-refractivity contribution >= 4 is 29.4 Å². The Morgan fingerprint density at radius 3 is 2.53 bits per heavy atom. The molecule has 0 fully saturated rings. The molecule has 1 aliphatic carbocycles. The average Bonchev–Trinajstić information content (AvgIpc) is 3.27. The van der Waals surface area contributed by atoms with E-state index in [1.54, 1.807) is 19.9 Å². The van der Waals surface area contributed by atoms with Crippen molar-refractivity contribution in [3.05, 3.63) is 94.1 Å². The second kappa shape index (κ2) is 10.7. The van der Waals surface area contributed by atoms with Crippen LogP contribution in [0.1, 0.15) is 54.2 Å². The summed E-state index contributed by atoms with van der Waals surface area (Å²) in [6.07, 6.45) is 1.23.